The first-order chi connectivity index (χ1) is 12.7. The van der Waals surface area contributed by atoms with Crippen molar-refractivity contribution in [3.63, 3.8) is 0 Å². The average molecular weight is 380 g/mol. The minimum absolute atomic E-state index is 0.114. The van der Waals surface area contributed by atoms with Gasteiger partial charge in [-0.3, -0.25) is 10.0 Å². The molecule has 2 fully saturated rings. The highest BCUT2D eigenvalue weighted by atomic mass is 32.2. The Labute approximate surface area is 159 Å². The van der Waals surface area contributed by atoms with E-state index in [2.05, 4.69) is 31.2 Å². The summed E-state index contributed by atoms with van der Waals surface area (Å²) in [6, 6.07) is 10.5. The van der Waals surface area contributed by atoms with Crippen LogP contribution in [0.2, 0.25) is 0 Å². The molecular weight excluding hydrogens is 350 g/mol. The van der Waals surface area contributed by atoms with E-state index in [-0.39, 0.29) is 12.0 Å². The summed E-state index contributed by atoms with van der Waals surface area (Å²) in [7, 11) is 0. The lowest BCUT2D eigenvalue weighted by molar-refractivity contribution is -0.129. The van der Waals surface area contributed by atoms with E-state index in [1.165, 1.54) is 11.3 Å². The molecule has 2 N–H and O–H groups in total. The van der Waals surface area contributed by atoms with Crippen molar-refractivity contribution in [2.24, 2.45) is 11.8 Å². The molecule has 2 heterocycles. The number of hydrogen-bond donors (Lipinski definition) is 2. The Morgan fingerprint density at radius 2 is 2.04 bits per heavy atom. The summed E-state index contributed by atoms with van der Waals surface area (Å²) in [5, 5.41) is 8.52. The molecule has 2 bridgehead atoms. The zero-order valence-corrected chi connectivity index (χ0v) is 16.1. The Morgan fingerprint density at radius 1 is 1.31 bits per heavy atom. The summed E-state index contributed by atoms with van der Waals surface area (Å²) in [4.78, 5) is 12.4. The van der Waals surface area contributed by atoms with Crippen LogP contribution in [-0.4, -0.2) is 41.8 Å². The molecule has 1 amide bonds. The van der Waals surface area contributed by atoms with Gasteiger partial charge in [0.25, 0.3) is 0 Å². The second-order valence-electron chi connectivity index (χ2n) is 7.31. The molecule has 144 valence electrons. The van der Waals surface area contributed by atoms with E-state index >= 15 is 0 Å². The van der Waals surface area contributed by atoms with Crippen molar-refractivity contribution in [3.8, 4) is 0 Å². The maximum absolute atomic E-state index is 11.1. The Kier molecular flexibility index (Phi) is 7.37. The summed E-state index contributed by atoms with van der Waals surface area (Å²) in [6.45, 7) is 2.78. The lowest BCUT2D eigenvalue weighted by atomic mass is 9.81. The normalized spacial score (nSPS) is 28.2. The van der Waals surface area contributed by atoms with Gasteiger partial charge >= 0.3 is 0 Å². The van der Waals surface area contributed by atoms with Gasteiger partial charge in [-0.15, -0.1) is 11.8 Å². The highest BCUT2D eigenvalue weighted by molar-refractivity contribution is 7.99. The number of carbonyl (C=O) groups is 1. The highest BCUT2D eigenvalue weighted by Crippen LogP contribution is 2.45. The Balaban J connectivity index is 1.44. The standard InChI is InChI=1S/C20H29NO4S/c1-14(6-5-9-20(22)21-23)24-12-16-17(19-11-10-18(16)25-19)13-26-15-7-3-2-4-8-15/h2-4,7-8,14,16-19,23H,5-6,9-13H2,1H3,(H,21,22). The molecule has 2 saturated heterocycles. The van der Waals surface area contributed by atoms with Gasteiger partial charge in [0, 0.05) is 28.9 Å². The van der Waals surface area contributed by atoms with Crippen molar-refractivity contribution < 1.29 is 19.5 Å². The number of benzene rings is 1. The van der Waals surface area contributed by atoms with Crippen LogP contribution in [0.4, 0.5) is 0 Å². The van der Waals surface area contributed by atoms with Crippen LogP contribution in [0.3, 0.4) is 0 Å². The number of fused-ring (bicyclic) bond motifs is 2. The van der Waals surface area contributed by atoms with Gasteiger partial charge in [0.1, 0.15) is 0 Å². The van der Waals surface area contributed by atoms with Crippen molar-refractivity contribution in [2.45, 2.75) is 62.2 Å². The van der Waals surface area contributed by atoms with Crippen LogP contribution in [-0.2, 0) is 14.3 Å². The molecule has 3 rings (SSSR count). The summed E-state index contributed by atoms with van der Waals surface area (Å²) in [5.41, 5.74) is 1.67. The van der Waals surface area contributed by atoms with Gasteiger partial charge in [-0.05, 0) is 44.7 Å². The van der Waals surface area contributed by atoms with Gasteiger partial charge in [0.2, 0.25) is 5.91 Å². The van der Waals surface area contributed by atoms with Gasteiger partial charge in [-0.1, -0.05) is 18.2 Å². The van der Waals surface area contributed by atoms with Crippen LogP contribution in [0.1, 0.15) is 39.0 Å². The molecule has 1 aromatic carbocycles. The monoisotopic (exact) mass is 379 g/mol. The third-order valence-corrected chi connectivity index (χ3v) is 6.65. The number of thioether (sulfide) groups is 1. The van der Waals surface area contributed by atoms with Crippen molar-refractivity contribution >= 4 is 17.7 Å². The number of ether oxygens (including phenoxy) is 2. The zero-order valence-electron chi connectivity index (χ0n) is 15.3. The fraction of sp³-hybridized carbons (Fsp3) is 0.650. The highest BCUT2D eigenvalue weighted by Gasteiger charge is 2.48. The van der Waals surface area contributed by atoms with Crippen molar-refractivity contribution in [2.75, 3.05) is 12.4 Å². The number of amides is 1. The van der Waals surface area contributed by atoms with Crippen LogP contribution in [0.15, 0.2) is 35.2 Å². The minimum Gasteiger partial charge on any atom is -0.378 e. The predicted molar refractivity (Wildman–Crippen MR) is 101 cm³/mol. The molecule has 5 atom stereocenters. The Bertz CT molecular complexity index is 570. The SMILES string of the molecule is CC(CCCC(=O)NO)OCC1C2CCC(O2)C1CSc1ccccc1. The van der Waals surface area contributed by atoms with Crippen molar-refractivity contribution in [3.05, 3.63) is 30.3 Å². The molecule has 0 spiro atoms. The summed E-state index contributed by atoms with van der Waals surface area (Å²) >= 11 is 1.91. The second-order valence-corrected chi connectivity index (χ2v) is 8.41. The zero-order chi connectivity index (χ0) is 18.4. The number of hydrogen-bond acceptors (Lipinski definition) is 5. The van der Waals surface area contributed by atoms with Gasteiger partial charge in [-0.2, -0.15) is 0 Å². The molecule has 1 aromatic rings. The first-order valence-corrected chi connectivity index (χ1v) is 10.5. The summed E-state index contributed by atoms with van der Waals surface area (Å²) in [6.07, 6.45) is 5.03. The number of hydroxylamine groups is 1. The fourth-order valence-electron chi connectivity index (χ4n) is 4.01. The van der Waals surface area contributed by atoms with Crippen LogP contribution in [0.25, 0.3) is 0 Å². The number of carbonyl (C=O) groups excluding carboxylic acids is 1. The van der Waals surface area contributed by atoms with Crippen LogP contribution < -0.4 is 5.48 Å². The third-order valence-electron chi connectivity index (χ3n) is 5.49. The lowest BCUT2D eigenvalue weighted by Gasteiger charge is -2.28. The molecule has 2 aliphatic heterocycles. The van der Waals surface area contributed by atoms with E-state index < -0.39 is 0 Å². The smallest absolute Gasteiger partial charge is 0.243 e. The topological polar surface area (TPSA) is 67.8 Å². The second kappa shape index (κ2) is 9.74. The molecule has 0 radical (unpaired) electrons. The minimum atomic E-state index is -0.336. The summed E-state index contributed by atoms with van der Waals surface area (Å²) in [5.74, 6) is 1.75. The van der Waals surface area contributed by atoms with Crippen molar-refractivity contribution in [1.82, 2.24) is 5.48 Å². The molecule has 2 aliphatic rings. The fourth-order valence-corrected chi connectivity index (χ4v) is 5.20. The predicted octanol–water partition coefficient (Wildman–Crippen LogP) is 3.65. The number of nitrogens with one attached hydrogen (secondary N) is 1. The molecule has 5 nitrogen and oxygen atoms in total. The van der Waals surface area contributed by atoms with Gasteiger partial charge in [-0.25, -0.2) is 5.48 Å². The van der Waals surface area contributed by atoms with E-state index in [1.807, 2.05) is 17.8 Å². The van der Waals surface area contributed by atoms with E-state index in [0.717, 1.165) is 25.2 Å². The average Bonchev–Trinajstić information content (AvgIpc) is 3.27. The first-order valence-electron chi connectivity index (χ1n) is 9.55. The van der Waals surface area contributed by atoms with Crippen molar-refractivity contribution in [1.29, 1.82) is 0 Å². The largest absolute Gasteiger partial charge is 0.378 e. The van der Waals surface area contributed by atoms with Gasteiger partial charge < -0.3 is 9.47 Å². The molecule has 0 aliphatic carbocycles. The molecule has 5 unspecified atom stereocenters. The van der Waals surface area contributed by atoms with E-state index in [1.54, 1.807) is 5.48 Å². The summed E-state index contributed by atoms with van der Waals surface area (Å²) < 4.78 is 12.3. The van der Waals surface area contributed by atoms with E-state index in [4.69, 9.17) is 14.7 Å². The molecule has 6 heteroatoms. The van der Waals surface area contributed by atoms with Gasteiger partial charge in [0.15, 0.2) is 0 Å². The Hall–Kier alpha value is -1.08. The third kappa shape index (κ3) is 5.22. The molecular formula is C20H29NO4S. The molecule has 26 heavy (non-hydrogen) atoms. The van der Waals surface area contributed by atoms with E-state index in [9.17, 15) is 4.79 Å². The molecule has 0 aromatic heterocycles. The maximum atomic E-state index is 11.1. The van der Waals surface area contributed by atoms with Crippen LogP contribution >= 0.6 is 11.8 Å². The van der Waals surface area contributed by atoms with Crippen LogP contribution in [0, 0.1) is 11.8 Å². The molecule has 0 saturated carbocycles. The van der Waals surface area contributed by atoms with Gasteiger partial charge in [0.05, 0.1) is 24.9 Å². The lowest BCUT2D eigenvalue weighted by Crippen LogP contribution is -2.33. The van der Waals surface area contributed by atoms with Crippen LogP contribution in [0.5, 0.6) is 0 Å². The van der Waals surface area contributed by atoms with E-state index in [0.29, 0.717) is 36.9 Å². The maximum Gasteiger partial charge on any atom is 0.243 e. The Morgan fingerprint density at radius 3 is 2.77 bits per heavy atom. The first kappa shape index (κ1) is 19.7. The quantitative estimate of drug-likeness (QED) is 0.369. The number of rotatable bonds is 10.